The fourth-order valence-corrected chi connectivity index (χ4v) is 5.21. The molecule has 2 N–H and O–H groups in total. The van der Waals surface area contributed by atoms with Crippen LogP contribution in [0.25, 0.3) is 0 Å². The van der Waals surface area contributed by atoms with Crippen molar-refractivity contribution >= 4 is 17.5 Å². The van der Waals surface area contributed by atoms with E-state index in [2.05, 4.69) is 20.8 Å². The maximum atomic E-state index is 13.1. The van der Waals surface area contributed by atoms with E-state index in [1.807, 2.05) is 23.1 Å². The second-order valence-electron chi connectivity index (χ2n) is 8.53. The predicted octanol–water partition coefficient (Wildman–Crippen LogP) is 3.10. The Bertz CT molecular complexity index is 898. The Hall–Kier alpha value is -1.92. The number of carbonyl (C=O) groups excluding carboxylic acids is 1. The van der Waals surface area contributed by atoms with Crippen molar-refractivity contribution in [3.8, 4) is 0 Å². The second kappa shape index (κ2) is 6.85. The molecule has 148 valence electrons. The molecule has 0 atom stereocenters. The van der Waals surface area contributed by atoms with Crippen molar-refractivity contribution in [3.05, 3.63) is 46.5 Å². The number of benzene rings is 1. The fourth-order valence-electron chi connectivity index (χ4n) is 5.02. The quantitative estimate of drug-likeness (QED) is 0.856. The number of nitrogens with two attached hydrogens (primary N) is 1. The van der Waals surface area contributed by atoms with E-state index in [0.717, 1.165) is 49.6 Å². The van der Waals surface area contributed by atoms with Gasteiger partial charge in [0.2, 0.25) is 5.82 Å². The van der Waals surface area contributed by atoms with Gasteiger partial charge >= 0.3 is 0 Å². The van der Waals surface area contributed by atoms with Gasteiger partial charge in [0.05, 0.1) is 0 Å². The highest BCUT2D eigenvalue weighted by molar-refractivity contribution is 6.30. The normalized spacial score (nSPS) is 27.7. The van der Waals surface area contributed by atoms with E-state index < -0.39 is 0 Å². The molecule has 1 aliphatic heterocycles. The summed E-state index contributed by atoms with van der Waals surface area (Å²) in [6, 6.07) is 8.33. The third-order valence-electron chi connectivity index (χ3n) is 6.92. The van der Waals surface area contributed by atoms with E-state index in [9.17, 15) is 4.79 Å². The largest absolute Gasteiger partial charge is 0.331 e. The van der Waals surface area contributed by atoms with Crippen LogP contribution in [0.2, 0.25) is 5.02 Å². The van der Waals surface area contributed by atoms with Crippen molar-refractivity contribution in [1.29, 1.82) is 0 Å². The Balaban J connectivity index is 1.32. The lowest BCUT2D eigenvalue weighted by atomic mass is 9.68. The molecule has 2 saturated carbocycles. The van der Waals surface area contributed by atoms with Gasteiger partial charge in [-0.1, -0.05) is 23.7 Å². The summed E-state index contributed by atoms with van der Waals surface area (Å²) in [5.74, 6) is 2.09. The predicted molar refractivity (Wildman–Crippen MR) is 107 cm³/mol. The van der Waals surface area contributed by atoms with Gasteiger partial charge in [-0.2, -0.15) is 0 Å². The van der Waals surface area contributed by atoms with Crippen molar-refractivity contribution in [3.63, 3.8) is 0 Å². The number of rotatable bonds is 4. The topological polar surface area (TPSA) is 77.0 Å². The summed E-state index contributed by atoms with van der Waals surface area (Å²) < 4.78 is 2.05. The van der Waals surface area contributed by atoms with Gasteiger partial charge in [0, 0.05) is 42.0 Å². The summed E-state index contributed by atoms with van der Waals surface area (Å²) in [5, 5.41) is 9.30. The summed E-state index contributed by atoms with van der Waals surface area (Å²) in [7, 11) is 0. The number of aromatic nitrogens is 3. The van der Waals surface area contributed by atoms with E-state index in [-0.39, 0.29) is 17.4 Å². The van der Waals surface area contributed by atoms with Crippen LogP contribution in [0.5, 0.6) is 0 Å². The number of carbonyl (C=O) groups is 1. The van der Waals surface area contributed by atoms with Crippen molar-refractivity contribution in [2.75, 3.05) is 13.1 Å². The van der Waals surface area contributed by atoms with Crippen LogP contribution in [-0.2, 0) is 12.0 Å². The minimum atomic E-state index is -0.0423. The monoisotopic (exact) mass is 399 g/mol. The van der Waals surface area contributed by atoms with Crippen molar-refractivity contribution in [2.24, 2.45) is 5.73 Å². The van der Waals surface area contributed by atoms with Gasteiger partial charge in [0.1, 0.15) is 5.82 Å². The first-order valence-electron chi connectivity index (χ1n) is 10.3. The average molecular weight is 400 g/mol. The minimum Gasteiger partial charge on any atom is -0.331 e. The second-order valence-corrected chi connectivity index (χ2v) is 8.97. The Labute approximate surface area is 170 Å². The zero-order chi connectivity index (χ0) is 19.3. The van der Waals surface area contributed by atoms with Gasteiger partial charge in [0.25, 0.3) is 5.91 Å². The Morgan fingerprint density at radius 2 is 1.93 bits per heavy atom. The molecule has 1 amide bonds. The smallest absolute Gasteiger partial charge is 0.292 e. The third-order valence-corrected chi connectivity index (χ3v) is 7.15. The Morgan fingerprint density at radius 3 is 2.61 bits per heavy atom. The van der Waals surface area contributed by atoms with Crippen molar-refractivity contribution in [2.45, 2.75) is 62.4 Å². The van der Waals surface area contributed by atoms with Crippen LogP contribution < -0.4 is 5.73 Å². The summed E-state index contributed by atoms with van der Waals surface area (Å²) in [6.07, 6.45) is 6.20. The van der Waals surface area contributed by atoms with Gasteiger partial charge in [-0.25, -0.2) is 0 Å². The van der Waals surface area contributed by atoms with Gasteiger partial charge in [-0.3, -0.25) is 4.79 Å². The zero-order valence-electron chi connectivity index (χ0n) is 16.0. The molecule has 2 heterocycles. The number of fused-ring (bicyclic) bond motifs is 1. The summed E-state index contributed by atoms with van der Waals surface area (Å²) in [4.78, 5) is 15.1. The summed E-state index contributed by atoms with van der Waals surface area (Å²) >= 11 is 6.22. The summed E-state index contributed by atoms with van der Waals surface area (Å²) in [6.45, 7) is 2.17. The lowest BCUT2D eigenvalue weighted by molar-refractivity contribution is 0.0521. The molecule has 3 aliphatic rings. The van der Waals surface area contributed by atoms with Crippen LogP contribution in [0.1, 0.15) is 66.4 Å². The van der Waals surface area contributed by atoms with Crippen LogP contribution >= 0.6 is 11.6 Å². The van der Waals surface area contributed by atoms with Crippen LogP contribution in [0.4, 0.5) is 0 Å². The molecule has 1 aromatic heterocycles. The maximum absolute atomic E-state index is 13.1. The van der Waals surface area contributed by atoms with Crippen LogP contribution in [0.15, 0.2) is 24.3 Å². The summed E-state index contributed by atoms with van der Waals surface area (Å²) in [5.41, 5.74) is 7.41. The highest BCUT2D eigenvalue weighted by atomic mass is 35.5. The average Bonchev–Trinajstić information content (AvgIpc) is 3.47. The van der Waals surface area contributed by atoms with Crippen molar-refractivity contribution < 1.29 is 4.79 Å². The maximum Gasteiger partial charge on any atom is 0.292 e. The molecule has 0 bridgehead atoms. The van der Waals surface area contributed by atoms with E-state index in [1.54, 1.807) is 0 Å². The van der Waals surface area contributed by atoms with E-state index in [4.69, 9.17) is 17.3 Å². The third kappa shape index (κ3) is 2.94. The van der Waals surface area contributed by atoms with E-state index in [1.165, 1.54) is 18.4 Å². The zero-order valence-corrected chi connectivity index (χ0v) is 16.7. The first-order valence-corrected chi connectivity index (χ1v) is 10.7. The molecule has 0 radical (unpaired) electrons. The van der Waals surface area contributed by atoms with E-state index >= 15 is 0 Å². The molecule has 0 saturated heterocycles. The molecular weight excluding hydrogens is 374 g/mol. The molecule has 2 aromatic rings. The van der Waals surface area contributed by atoms with Gasteiger partial charge < -0.3 is 15.2 Å². The number of hydrogen-bond donors (Lipinski definition) is 1. The molecule has 6 nitrogen and oxygen atoms in total. The van der Waals surface area contributed by atoms with E-state index in [0.29, 0.717) is 18.3 Å². The molecular formula is C21H26ClN5O. The fraction of sp³-hybridized carbons (Fsp3) is 0.571. The number of halogens is 1. The lowest BCUT2D eigenvalue weighted by Crippen LogP contribution is -2.51. The molecule has 0 unspecified atom stereocenters. The first-order chi connectivity index (χ1) is 13.6. The molecule has 1 aromatic carbocycles. The first kappa shape index (κ1) is 18.1. The standard InChI is InChI=1S/C21H26ClN5O/c22-16-3-1-2-15(12-16)21(13-23)8-6-17(7-9-21)26-10-11-27-18(14-4-5-14)24-25-19(27)20(26)28/h1-3,12,14,17H,4-11,13,23H2. The van der Waals surface area contributed by atoms with Gasteiger partial charge in [0.15, 0.2) is 0 Å². The van der Waals surface area contributed by atoms with Gasteiger partial charge in [-0.15, -0.1) is 10.2 Å². The van der Waals surface area contributed by atoms with Crippen LogP contribution in [0.3, 0.4) is 0 Å². The minimum absolute atomic E-state index is 0.0404. The molecule has 5 rings (SSSR count). The molecule has 2 fully saturated rings. The number of nitrogens with zero attached hydrogens (tertiary/aromatic N) is 4. The molecule has 28 heavy (non-hydrogen) atoms. The molecule has 7 heteroatoms. The molecule has 0 spiro atoms. The lowest BCUT2D eigenvalue weighted by Gasteiger charge is -2.44. The van der Waals surface area contributed by atoms with Crippen LogP contribution in [0, 0.1) is 0 Å². The SMILES string of the molecule is NCC1(c2cccc(Cl)c2)CCC(N2CCn3c(nnc3C3CC3)C2=O)CC1. The van der Waals surface area contributed by atoms with Crippen molar-refractivity contribution in [1.82, 2.24) is 19.7 Å². The number of hydrogen-bond acceptors (Lipinski definition) is 4. The highest BCUT2D eigenvalue weighted by Crippen LogP contribution is 2.42. The van der Waals surface area contributed by atoms with Crippen LogP contribution in [-0.4, -0.2) is 44.7 Å². The molecule has 2 aliphatic carbocycles. The highest BCUT2D eigenvalue weighted by Gasteiger charge is 2.41. The Kier molecular flexibility index (Phi) is 4.43. The Morgan fingerprint density at radius 1 is 1.14 bits per heavy atom. The number of amides is 1. The van der Waals surface area contributed by atoms with Gasteiger partial charge in [-0.05, 0) is 56.2 Å².